The van der Waals surface area contributed by atoms with Gasteiger partial charge in [-0.3, -0.25) is 4.90 Å². The van der Waals surface area contributed by atoms with Crippen LogP contribution >= 0.6 is 0 Å². The van der Waals surface area contributed by atoms with Crippen LogP contribution in [0.4, 0.5) is 0 Å². The molecule has 2 N–H and O–H groups in total. The number of ether oxygens (including phenoxy) is 2. The molecule has 0 spiro atoms. The van der Waals surface area contributed by atoms with E-state index in [-0.39, 0.29) is 6.10 Å². The maximum Gasteiger partial charge on any atom is 0.0935 e. The van der Waals surface area contributed by atoms with E-state index in [1.165, 1.54) is 13.0 Å². The molecule has 4 nitrogen and oxygen atoms in total. The zero-order valence-electron chi connectivity index (χ0n) is 9.78. The highest BCUT2D eigenvalue weighted by molar-refractivity contribution is 4.70. The number of hydrogen-bond acceptors (Lipinski definition) is 4. The fourth-order valence-electron chi connectivity index (χ4n) is 1.80. The van der Waals surface area contributed by atoms with E-state index in [0.29, 0.717) is 13.2 Å². The first-order valence-electron chi connectivity index (χ1n) is 5.98. The van der Waals surface area contributed by atoms with Crippen LogP contribution in [0.3, 0.4) is 0 Å². The van der Waals surface area contributed by atoms with Crippen molar-refractivity contribution in [2.75, 3.05) is 46.0 Å². The summed E-state index contributed by atoms with van der Waals surface area (Å²) in [6.07, 6.45) is 2.40. The zero-order chi connectivity index (χ0) is 10.9. The molecule has 0 unspecified atom stereocenters. The van der Waals surface area contributed by atoms with Gasteiger partial charge in [0.1, 0.15) is 0 Å². The second-order valence-corrected chi connectivity index (χ2v) is 4.01. The molecule has 1 atom stereocenters. The van der Waals surface area contributed by atoms with Crippen molar-refractivity contribution >= 4 is 0 Å². The first-order valence-corrected chi connectivity index (χ1v) is 5.98. The van der Waals surface area contributed by atoms with E-state index in [1.54, 1.807) is 0 Å². The smallest absolute Gasteiger partial charge is 0.0935 e. The summed E-state index contributed by atoms with van der Waals surface area (Å²) >= 11 is 0. The van der Waals surface area contributed by atoms with Gasteiger partial charge in [-0.05, 0) is 25.9 Å². The average Bonchev–Trinajstić information content (AvgIpc) is 2.26. The van der Waals surface area contributed by atoms with Gasteiger partial charge < -0.3 is 15.2 Å². The summed E-state index contributed by atoms with van der Waals surface area (Å²) in [5.41, 5.74) is 5.39. The van der Waals surface area contributed by atoms with E-state index in [2.05, 4.69) is 11.8 Å². The molecule has 1 fully saturated rings. The first-order chi connectivity index (χ1) is 7.36. The molecule has 0 amide bonds. The van der Waals surface area contributed by atoms with Crippen LogP contribution in [0.15, 0.2) is 0 Å². The first kappa shape index (κ1) is 12.9. The molecule has 1 heterocycles. The quantitative estimate of drug-likeness (QED) is 0.628. The molecule has 1 aliphatic heterocycles. The number of hydrogen-bond donors (Lipinski definition) is 1. The highest BCUT2D eigenvalue weighted by Crippen LogP contribution is 2.06. The Labute approximate surface area is 92.7 Å². The van der Waals surface area contributed by atoms with E-state index < -0.39 is 0 Å². The van der Waals surface area contributed by atoms with Gasteiger partial charge in [0.25, 0.3) is 0 Å². The fraction of sp³-hybridized carbons (Fsp3) is 1.00. The molecule has 1 aliphatic rings. The molecule has 0 radical (unpaired) electrons. The van der Waals surface area contributed by atoms with Crippen molar-refractivity contribution < 1.29 is 9.47 Å². The van der Waals surface area contributed by atoms with Crippen molar-refractivity contribution in [2.45, 2.75) is 25.9 Å². The van der Waals surface area contributed by atoms with Gasteiger partial charge in [0.05, 0.1) is 19.3 Å². The van der Waals surface area contributed by atoms with Crippen LogP contribution in [0.25, 0.3) is 0 Å². The predicted molar refractivity (Wildman–Crippen MR) is 61.0 cm³/mol. The molecular weight excluding hydrogens is 192 g/mol. The minimum absolute atomic E-state index is 0.253. The lowest BCUT2D eigenvalue weighted by molar-refractivity contribution is -0.0689. The summed E-state index contributed by atoms with van der Waals surface area (Å²) in [6, 6.07) is 0. The SMILES string of the molecule is CCCN1CCO[C@@H](COCCCN)C1. The summed E-state index contributed by atoms with van der Waals surface area (Å²) in [4.78, 5) is 2.44. The van der Waals surface area contributed by atoms with Crippen LogP contribution in [-0.2, 0) is 9.47 Å². The van der Waals surface area contributed by atoms with Gasteiger partial charge >= 0.3 is 0 Å². The van der Waals surface area contributed by atoms with Gasteiger partial charge in [0.15, 0.2) is 0 Å². The minimum atomic E-state index is 0.253. The van der Waals surface area contributed by atoms with Crippen LogP contribution in [0.5, 0.6) is 0 Å². The van der Waals surface area contributed by atoms with Crippen molar-refractivity contribution in [3.05, 3.63) is 0 Å². The average molecular weight is 216 g/mol. The Balaban J connectivity index is 2.07. The Morgan fingerprint density at radius 3 is 3.13 bits per heavy atom. The summed E-state index contributed by atoms with van der Waals surface area (Å²) in [5, 5.41) is 0. The highest BCUT2D eigenvalue weighted by Gasteiger charge is 2.19. The van der Waals surface area contributed by atoms with Crippen LogP contribution in [0.1, 0.15) is 19.8 Å². The Morgan fingerprint density at radius 1 is 1.53 bits per heavy atom. The van der Waals surface area contributed by atoms with Gasteiger partial charge in [-0.25, -0.2) is 0 Å². The molecule has 0 aromatic carbocycles. The number of morpholine rings is 1. The molecule has 0 aliphatic carbocycles. The molecule has 0 saturated carbocycles. The molecule has 4 heteroatoms. The molecule has 1 rings (SSSR count). The Hall–Kier alpha value is -0.160. The van der Waals surface area contributed by atoms with Crippen molar-refractivity contribution in [3.8, 4) is 0 Å². The standard InChI is InChI=1S/C11H24N2O2/c1-2-5-13-6-8-15-11(9-13)10-14-7-3-4-12/h11H,2-10,12H2,1H3/t11-/m1/s1. The maximum atomic E-state index is 5.64. The van der Waals surface area contributed by atoms with Crippen LogP contribution < -0.4 is 5.73 Å². The summed E-state index contributed by atoms with van der Waals surface area (Å²) in [6.45, 7) is 8.46. The Bertz CT molecular complexity index is 154. The van der Waals surface area contributed by atoms with Gasteiger partial charge in [-0.1, -0.05) is 6.92 Å². The van der Waals surface area contributed by atoms with Gasteiger partial charge in [0.2, 0.25) is 0 Å². The predicted octanol–water partition coefficient (Wildman–Crippen LogP) is 0.463. The van der Waals surface area contributed by atoms with Gasteiger partial charge in [-0.15, -0.1) is 0 Å². The topological polar surface area (TPSA) is 47.7 Å². The monoisotopic (exact) mass is 216 g/mol. The van der Waals surface area contributed by atoms with Crippen LogP contribution in [0, 0.1) is 0 Å². The normalized spacial score (nSPS) is 23.2. The Morgan fingerprint density at radius 2 is 2.40 bits per heavy atom. The van der Waals surface area contributed by atoms with Crippen LogP contribution in [0.2, 0.25) is 0 Å². The molecule has 0 aromatic heterocycles. The largest absolute Gasteiger partial charge is 0.379 e. The second kappa shape index (κ2) is 8.05. The summed E-state index contributed by atoms with van der Waals surface area (Å²) in [7, 11) is 0. The summed E-state index contributed by atoms with van der Waals surface area (Å²) in [5.74, 6) is 0. The van der Waals surface area contributed by atoms with Crippen molar-refractivity contribution in [2.24, 2.45) is 5.73 Å². The van der Waals surface area contributed by atoms with Crippen molar-refractivity contribution in [1.29, 1.82) is 0 Å². The molecule has 1 saturated heterocycles. The highest BCUT2D eigenvalue weighted by atomic mass is 16.5. The molecule has 0 aromatic rings. The molecule has 15 heavy (non-hydrogen) atoms. The molecule has 90 valence electrons. The zero-order valence-corrected chi connectivity index (χ0v) is 9.78. The maximum absolute atomic E-state index is 5.64. The number of rotatable bonds is 7. The molecule has 0 bridgehead atoms. The van der Waals surface area contributed by atoms with Crippen molar-refractivity contribution in [1.82, 2.24) is 4.90 Å². The van der Waals surface area contributed by atoms with E-state index in [4.69, 9.17) is 15.2 Å². The van der Waals surface area contributed by atoms with Crippen molar-refractivity contribution in [3.63, 3.8) is 0 Å². The fourth-order valence-corrected chi connectivity index (χ4v) is 1.80. The number of nitrogens with zero attached hydrogens (tertiary/aromatic N) is 1. The lowest BCUT2D eigenvalue weighted by atomic mass is 10.2. The summed E-state index contributed by atoms with van der Waals surface area (Å²) < 4.78 is 11.1. The second-order valence-electron chi connectivity index (χ2n) is 4.01. The third kappa shape index (κ3) is 5.47. The lowest BCUT2D eigenvalue weighted by Crippen LogP contribution is -2.44. The van der Waals surface area contributed by atoms with Crippen LogP contribution in [-0.4, -0.2) is 57.0 Å². The van der Waals surface area contributed by atoms with E-state index in [9.17, 15) is 0 Å². The van der Waals surface area contributed by atoms with E-state index in [1.807, 2.05) is 0 Å². The third-order valence-electron chi connectivity index (χ3n) is 2.56. The van der Waals surface area contributed by atoms with Gasteiger partial charge in [0, 0.05) is 19.7 Å². The number of nitrogens with two attached hydrogens (primary N) is 1. The van der Waals surface area contributed by atoms with Gasteiger partial charge in [-0.2, -0.15) is 0 Å². The Kier molecular flexibility index (Phi) is 6.92. The lowest BCUT2D eigenvalue weighted by Gasteiger charge is -2.32. The van der Waals surface area contributed by atoms with E-state index >= 15 is 0 Å². The third-order valence-corrected chi connectivity index (χ3v) is 2.56. The minimum Gasteiger partial charge on any atom is -0.379 e. The van der Waals surface area contributed by atoms with E-state index in [0.717, 1.165) is 32.7 Å². The molecular formula is C11H24N2O2.